The van der Waals surface area contributed by atoms with E-state index in [1.54, 1.807) is 0 Å². The van der Waals surface area contributed by atoms with E-state index >= 15 is 0 Å². The van der Waals surface area contributed by atoms with Crippen LogP contribution in [0.4, 0.5) is 0 Å². The zero-order valence-corrected chi connectivity index (χ0v) is 29.8. The van der Waals surface area contributed by atoms with Crippen LogP contribution >= 0.6 is 0 Å². The van der Waals surface area contributed by atoms with Gasteiger partial charge in [-0.3, -0.25) is 9.59 Å². The number of carbonyl (C=O) groups is 2. The summed E-state index contributed by atoms with van der Waals surface area (Å²) >= 11 is 0. The lowest BCUT2D eigenvalue weighted by molar-refractivity contribution is -0.161. The van der Waals surface area contributed by atoms with Gasteiger partial charge in [-0.1, -0.05) is 164 Å². The van der Waals surface area contributed by atoms with Crippen molar-refractivity contribution in [2.45, 2.75) is 174 Å². The Morgan fingerprint density at radius 2 is 0.913 bits per heavy atom. The summed E-state index contributed by atoms with van der Waals surface area (Å²) in [5.74, 6) is -0.689. The number of unbranched alkanes of at least 4 members (excludes halogenated alkanes) is 15. The third kappa shape index (κ3) is 34.5. The second-order valence-corrected chi connectivity index (χ2v) is 12.3. The predicted molar refractivity (Wildman–Crippen MR) is 196 cm³/mol. The van der Waals surface area contributed by atoms with Crippen molar-refractivity contribution < 1.29 is 24.2 Å². The first kappa shape index (κ1) is 43.6. The van der Waals surface area contributed by atoms with Gasteiger partial charge in [-0.25, -0.2) is 0 Å². The number of ether oxygens (including phenoxy) is 2. The molecule has 0 amide bonds. The fourth-order valence-corrected chi connectivity index (χ4v) is 4.95. The molecule has 0 aliphatic carbocycles. The van der Waals surface area contributed by atoms with Crippen molar-refractivity contribution in [1.82, 2.24) is 0 Å². The number of esters is 2. The van der Waals surface area contributed by atoms with E-state index in [-0.39, 0.29) is 25.6 Å². The Labute approximate surface area is 283 Å². The third-order valence-corrected chi connectivity index (χ3v) is 7.83. The Morgan fingerprint density at radius 3 is 1.39 bits per heavy atom. The van der Waals surface area contributed by atoms with Gasteiger partial charge in [-0.05, 0) is 51.4 Å². The molecule has 0 saturated carbocycles. The van der Waals surface area contributed by atoms with Crippen LogP contribution in [0.2, 0.25) is 0 Å². The van der Waals surface area contributed by atoms with Crippen molar-refractivity contribution in [2.75, 3.05) is 13.2 Å². The Morgan fingerprint density at radius 1 is 0.500 bits per heavy atom. The molecule has 1 unspecified atom stereocenters. The summed E-state index contributed by atoms with van der Waals surface area (Å²) in [5, 5.41) is 9.52. The molecular weight excluding hydrogens is 572 g/mol. The van der Waals surface area contributed by atoms with Gasteiger partial charge in [0.25, 0.3) is 0 Å². The molecule has 5 nitrogen and oxygen atoms in total. The smallest absolute Gasteiger partial charge is 0.306 e. The first-order valence-electron chi connectivity index (χ1n) is 18.8. The lowest BCUT2D eigenvalue weighted by Gasteiger charge is -2.15. The number of aliphatic hydroxyl groups is 1. The highest BCUT2D eigenvalue weighted by Crippen LogP contribution is 2.13. The van der Waals surface area contributed by atoms with Crippen LogP contribution in [0.1, 0.15) is 168 Å². The highest BCUT2D eigenvalue weighted by molar-refractivity contribution is 5.70. The molecule has 0 rings (SSSR count). The molecule has 264 valence electrons. The average Bonchev–Trinajstić information content (AvgIpc) is 3.06. The topological polar surface area (TPSA) is 72.8 Å². The average molecular weight is 643 g/mol. The van der Waals surface area contributed by atoms with E-state index in [4.69, 9.17) is 9.47 Å². The maximum atomic E-state index is 12.1. The lowest BCUT2D eigenvalue weighted by Crippen LogP contribution is -2.28. The monoisotopic (exact) mass is 643 g/mol. The van der Waals surface area contributed by atoms with Crippen LogP contribution in [-0.4, -0.2) is 36.4 Å². The number of hydrogen-bond acceptors (Lipinski definition) is 5. The Bertz CT molecular complexity index is 823. The van der Waals surface area contributed by atoms with Gasteiger partial charge in [0.2, 0.25) is 0 Å². The summed E-state index contributed by atoms with van der Waals surface area (Å²) in [4.78, 5) is 24.2. The van der Waals surface area contributed by atoms with E-state index in [1.165, 1.54) is 89.9 Å². The first-order chi connectivity index (χ1) is 22.6. The fourth-order valence-electron chi connectivity index (χ4n) is 4.95. The Balaban J connectivity index is 3.72. The van der Waals surface area contributed by atoms with Crippen LogP contribution in [-0.2, 0) is 19.1 Å². The summed E-state index contributed by atoms with van der Waals surface area (Å²) < 4.78 is 10.5. The molecule has 0 aliphatic heterocycles. The molecule has 46 heavy (non-hydrogen) atoms. The van der Waals surface area contributed by atoms with Crippen LogP contribution in [0.25, 0.3) is 0 Å². The van der Waals surface area contributed by atoms with Crippen molar-refractivity contribution in [1.29, 1.82) is 0 Å². The molecule has 0 aliphatic rings. The van der Waals surface area contributed by atoms with E-state index in [2.05, 4.69) is 62.5 Å². The SMILES string of the molecule is CCCCCC=CCC=CCC=CCC=CCC=CCCC(=O)OC(CO)COC(=O)CCCCCCCCCCCCCCC. The predicted octanol–water partition coefficient (Wildman–Crippen LogP) is 11.6. The van der Waals surface area contributed by atoms with Crippen molar-refractivity contribution in [3.8, 4) is 0 Å². The van der Waals surface area contributed by atoms with Crippen LogP contribution in [0, 0.1) is 0 Å². The summed E-state index contributed by atoms with van der Waals surface area (Å²) in [7, 11) is 0. The molecule has 0 bridgehead atoms. The summed E-state index contributed by atoms with van der Waals surface area (Å²) in [6.07, 6.45) is 47.1. The van der Waals surface area contributed by atoms with Crippen LogP contribution in [0.3, 0.4) is 0 Å². The minimum atomic E-state index is -0.810. The van der Waals surface area contributed by atoms with Crippen LogP contribution in [0.15, 0.2) is 60.8 Å². The molecule has 0 fully saturated rings. The summed E-state index contributed by atoms with van der Waals surface area (Å²) in [6, 6.07) is 0. The van der Waals surface area contributed by atoms with Crippen molar-refractivity contribution in [3.63, 3.8) is 0 Å². The highest BCUT2D eigenvalue weighted by Gasteiger charge is 2.15. The van der Waals surface area contributed by atoms with Gasteiger partial charge in [0.05, 0.1) is 6.61 Å². The molecule has 0 saturated heterocycles. The Hall–Kier alpha value is -2.40. The number of rotatable bonds is 33. The van der Waals surface area contributed by atoms with E-state index in [0.29, 0.717) is 12.8 Å². The minimum Gasteiger partial charge on any atom is -0.462 e. The number of hydrogen-bond donors (Lipinski definition) is 1. The van der Waals surface area contributed by atoms with Crippen LogP contribution in [0.5, 0.6) is 0 Å². The van der Waals surface area contributed by atoms with Gasteiger partial charge in [-0.2, -0.15) is 0 Å². The maximum absolute atomic E-state index is 12.1. The maximum Gasteiger partial charge on any atom is 0.306 e. The molecule has 5 heteroatoms. The van der Waals surface area contributed by atoms with Gasteiger partial charge >= 0.3 is 11.9 Å². The van der Waals surface area contributed by atoms with E-state index in [9.17, 15) is 14.7 Å². The second-order valence-electron chi connectivity index (χ2n) is 12.3. The summed E-state index contributed by atoms with van der Waals surface area (Å²) in [6.45, 7) is 4.03. The molecular formula is C41H70O5. The minimum absolute atomic E-state index is 0.0958. The largest absolute Gasteiger partial charge is 0.462 e. The lowest BCUT2D eigenvalue weighted by atomic mass is 10.0. The third-order valence-electron chi connectivity index (χ3n) is 7.83. The molecule has 0 spiro atoms. The van der Waals surface area contributed by atoms with Gasteiger partial charge < -0.3 is 14.6 Å². The van der Waals surface area contributed by atoms with E-state index < -0.39 is 12.1 Å². The number of aliphatic hydroxyl groups excluding tert-OH is 1. The molecule has 0 aromatic heterocycles. The highest BCUT2D eigenvalue weighted by atomic mass is 16.6. The summed E-state index contributed by atoms with van der Waals surface area (Å²) in [5.41, 5.74) is 0. The van der Waals surface area contributed by atoms with Gasteiger partial charge in [0, 0.05) is 12.8 Å². The molecule has 0 aromatic carbocycles. The Kier molecular flexibility index (Phi) is 35.1. The van der Waals surface area contributed by atoms with E-state index in [1.807, 2.05) is 12.2 Å². The van der Waals surface area contributed by atoms with Gasteiger partial charge in [0.15, 0.2) is 6.10 Å². The van der Waals surface area contributed by atoms with Crippen molar-refractivity contribution >= 4 is 11.9 Å². The quantitative estimate of drug-likeness (QED) is 0.0438. The van der Waals surface area contributed by atoms with E-state index in [0.717, 1.165) is 44.9 Å². The van der Waals surface area contributed by atoms with Crippen molar-refractivity contribution in [2.24, 2.45) is 0 Å². The molecule has 0 aromatic rings. The number of allylic oxidation sites excluding steroid dienone is 10. The van der Waals surface area contributed by atoms with Crippen LogP contribution < -0.4 is 0 Å². The molecule has 1 atom stereocenters. The zero-order chi connectivity index (χ0) is 33.6. The fraction of sp³-hybridized carbons (Fsp3) is 0.707. The normalized spacial score (nSPS) is 12.8. The second kappa shape index (κ2) is 37.1. The standard InChI is InChI=1S/C41H70O5/c1-3-5-7-9-11-13-15-17-18-19-20-21-22-24-26-28-30-32-34-36-41(44)46-39(37-42)38-45-40(43)35-33-31-29-27-25-23-16-14-12-10-8-6-4-2/h11,13,17-18,20-21,24,26,30,32,39,42H,3-10,12,14-16,19,22-23,25,27-29,31,33-38H2,1-2H3. The van der Waals surface area contributed by atoms with Gasteiger partial charge in [-0.15, -0.1) is 0 Å². The molecule has 1 N–H and O–H groups in total. The molecule has 0 heterocycles. The number of carbonyl (C=O) groups excluding carboxylic acids is 2. The molecule has 0 radical (unpaired) electrons. The first-order valence-corrected chi connectivity index (χ1v) is 18.8. The van der Waals surface area contributed by atoms with Crippen molar-refractivity contribution in [3.05, 3.63) is 60.8 Å². The zero-order valence-electron chi connectivity index (χ0n) is 29.8. The van der Waals surface area contributed by atoms with Gasteiger partial charge in [0.1, 0.15) is 6.61 Å².